The zero-order valence-corrected chi connectivity index (χ0v) is 19.1. The Bertz CT molecular complexity index is 1040. The molecule has 2 aromatic carbocycles. The van der Waals surface area contributed by atoms with Gasteiger partial charge in [0, 0.05) is 49.5 Å². The summed E-state index contributed by atoms with van der Waals surface area (Å²) in [7, 11) is 0. The number of thiocarbonyl (C=S) groups is 1. The molecule has 0 unspecified atom stereocenters. The van der Waals surface area contributed by atoms with Crippen LogP contribution in [0.25, 0.3) is 0 Å². The standard InChI is InChI=1S/C22H22Cl2N6S/c23-18-9-5-4-6-16(18)15-25-22(31)28-21-26-19(24)14-20(27-21)30-12-10-29(11-13-30)17-7-2-1-3-8-17/h1-9,14H,10-13,15H2,(H2,25,26,27,28,31). The third kappa shape index (κ3) is 5.76. The molecule has 0 amide bonds. The first-order valence-electron chi connectivity index (χ1n) is 9.96. The molecular weight excluding hydrogens is 451 g/mol. The lowest BCUT2D eigenvalue weighted by Crippen LogP contribution is -2.46. The van der Waals surface area contributed by atoms with Crippen LogP contribution in [0.4, 0.5) is 17.5 Å². The summed E-state index contributed by atoms with van der Waals surface area (Å²) in [4.78, 5) is 13.4. The van der Waals surface area contributed by atoms with Crippen LogP contribution in [0.5, 0.6) is 0 Å². The third-order valence-electron chi connectivity index (χ3n) is 5.03. The Morgan fingerprint density at radius 2 is 1.58 bits per heavy atom. The number of aromatic nitrogens is 2. The molecule has 1 aromatic heterocycles. The maximum absolute atomic E-state index is 6.26. The van der Waals surface area contributed by atoms with Crippen molar-refractivity contribution >= 4 is 58.0 Å². The van der Waals surface area contributed by atoms with Gasteiger partial charge in [0.2, 0.25) is 5.95 Å². The summed E-state index contributed by atoms with van der Waals surface area (Å²) in [5.41, 5.74) is 2.19. The minimum Gasteiger partial charge on any atom is -0.368 e. The lowest BCUT2D eigenvalue weighted by molar-refractivity contribution is 0.647. The van der Waals surface area contributed by atoms with E-state index in [1.165, 1.54) is 5.69 Å². The second-order valence-corrected chi connectivity index (χ2v) is 8.28. The molecule has 1 aliphatic heterocycles. The van der Waals surface area contributed by atoms with E-state index < -0.39 is 0 Å². The molecular formula is C22H22Cl2N6S. The highest BCUT2D eigenvalue weighted by Gasteiger charge is 2.19. The van der Waals surface area contributed by atoms with Crippen molar-refractivity contribution in [1.29, 1.82) is 0 Å². The molecule has 0 aliphatic carbocycles. The number of nitrogens with one attached hydrogen (secondary N) is 2. The number of piperazine rings is 1. The van der Waals surface area contributed by atoms with Gasteiger partial charge in [0.25, 0.3) is 0 Å². The summed E-state index contributed by atoms with van der Waals surface area (Å²) < 4.78 is 0. The molecule has 4 rings (SSSR count). The molecule has 1 fully saturated rings. The predicted molar refractivity (Wildman–Crippen MR) is 132 cm³/mol. The van der Waals surface area contributed by atoms with E-state index in [9.17, 15) is 0 Å². The highest BCUT2D eigenvalue weighted by atomic mass is 35.5. The topological polar surface area (TPSA) is 56.3 Å². The van der Waals surface area contributed by atoms with Gasteiger partial charge < -0.3 is 20.4 Å². The summed E-state index contributed by atoms with van der Waals surface area (Å²) in [6.45, 7) is 4.01. The van der Waals surface area contributed by atoms with E-state index in [0.717, 1.165) is 37.6 Å². The zero-order chi connectivity index (χ0) is 21.6. The van der Waals surface area contributed by atoms with Crippen molar-refractivity contribution in [3.05, 3.63) is 76.4 Å². The van der Waals surface area contributed by atoms with Crippen LogP contribution in [0.15, 0.2) is 60.7 Å². The molecule has 3 aromatic rings. The molecule has 0 radical (unpaired) electrons. The van der Waals surface area contributed by atoms with Crippen molar-refractivity contribution in [3.63, 3.8) is 0 Å². The lowest BCUT2D eigenvalue weighted by atomic mass is 10.2. The van der Waals surface area contributed by atoms with Gasteiger partial charge >= 0.3 is 0 Å². The molecule has 2 N–H and O–H groups in total. The van der Waals surface area contributed by atoms with Gasteiger partial charge in [-0.2, -0.15) is 4.98 Å². The molecule has 6 nitrogen and oxygen atoms in total. The Morgan fingerprint density at radius 1 is 0.903 bits per heavy atom. The minimum atomic E-state index is 0.365. The monoisotopic (exact) mass is 472 g/mol. The lowest BCUT2D eigenvalue weighted by Gasteiger charge is -2.36. The van der Waals surface area contributed by atoms with Crippen LogP contribution in [0.3, 0.4) is 0 Å². The number of para-hydroxylation sites is 1. The summed E-state index contributed by atoms with van der Waals surface area (Å²) >= 11 is 17.8. The average Bonchev–Trinajstić information content (AvgIpc) is 2.79. The van der Waals surface area contributed by atoms with E-state index in [2.05, 4.69) is 54.7 Å². The van der Waals surface area contributed by atoms with Crippen molar-refractivity contribution in [2.24, 2.45) is 0 Å². The van der Waals surface area contributed by atoms with Gasteiger partial charge in [0.1, 0.15) is 11.0 Å². The normalized spacial score (nSPS) is 13.7. The van der Waals surface area contributed by atoms with Crippen molar-refractivity contribution in [1.82, 2.24) is 15.3 Å². The number of hydrogen-bond acceptors (Lipinski definition) is 5. The molecule has 0 spiro atoms. The number of benzene rings is 2. The second kappa shape index (κ2) is 10.1. The van der Waals surface area contributed by atoms with Crippen LogP contribution in [0.1, 0.15) is 5.56 Å². The smallest absolute Gasteiger partial charge is 0.232 e. The molecule has 0 atom stereocenters. The molecule has 0 saturated carbocycles. The Hall–Kier alpha value is -2.61. The number of hydrogen-bond donors (Lipinski definition) is 2. The zero-order valence-electron chi connectivity index (χ0n) is 16.8. The summed E-state index contributed by atoms with van der Waals surface area (Å²) in [6.07, 6.45) is 0. The highest BCUT2D eigenvalue weighted by Crippen LogP contribution is 2.22. The molecule has 1 saturated heterocycles. The predicted octanol–water partition coefficient (Wildman–Crippen LogP) is 4.60. The maximum Gasteiger partial charge on any atom is 0.232 e. The van der Waals surface area contributed by atoms with E-state index in [-0.39, 0.29) is 0 Å². The summed E-state index contributed by atoms with van der Waals surface area (Å²) in [6, 6.07) is 19.8. The molecule has 160 valence electrons. The van der Waals surface area contributed by atoms with Gasteiger partial charge in [-0.3, -0.25) is 0 Å². The van der Waals surface area contributed by atoms with E-state index >= 15 is 0 Å². The van der Waals surface area contributed by atoms with E-state index in [1.54, 1.807) is 6.07 Å². The molecule has 31 heavy (non-hydrogen) atoms. The molecule has 1 aliphatic rings. The van der Waals surface area contributed by atoms with Crippen LogP contribution in [0, 0.1) is 0 Å². The largest absolute Gasteiger partial charge is 0.368 e. The first-order valence-corrected chi connectivity index (χ1v) is 11.1. The fourth-order valence-corrected chi connectivity index (χ4v) is 3.96. The maximum atomic E-state index is 6.26. The first kappa shape index (κ1) is 21.6. The Labute approximate surface area is 197 Å². The fourth-order valence-electron chi connectivity index (χ4n) is 3.42. The number of rotatable bonds is 5. The van der Waals surface area contributed by atoms with Gasteiger partial charge in [-0.15, -0.1) is 0 Å². The molecule has 2 heterocycles. The quantitative estimate of drug-likeness (QED) is 0.415. The summed E-state index contributed by atoms with van der Waals surface area (Å²) in [5, 5.41) is 7.60. The van der Waals surface area contributed by atoms with Crippen LogP contribution in [-0.2, 0) is 6.54 Å². The molecule has 9 heteroatoms. The van der Waals surface area contributed by atoms with Gasteiger partial charge in [0.05, 0.1) is 0 Å². The van der Waals surface area contributed by atoms with Crippen molar-refractivity contribution < 1.29 is 0 Å². The van der Waals surface area contributed by atoms with Crippen molar-refractivity contribution in [3.8, 4) is 0 Å². The van der Waals surface area contributed by atoms with E-state index in [0.29, 0.717) is 27.8 Å². The summed E-state index contributed by atoms with van der Waals surface area (Å²) in [5.74, 6) is 1.15. The van der Waals surface area contributed by atoms with Crippen molar-refractivity contribution in [2.45, 2.75) is 6.54 Å². The van der Waals surface area contributed by atoms with Gasteiger partial charge in [0.15, 0.2) is 5.11 Å². The molecule has 0 bridgehead atoms. The van der Waals surface area contributed by atoms with E-state index in [4.69, 9.17) is 35.4 Å². The number of nitrogens with zero attached hydrogens (tertiary/aromatic N) is 4. The van der Waals surface area contributed by atoms with Crippen LogP contribution in [0.2, 0.25) is 10.2 Å². The SMILES string of the molecule is S=C(NCc1ccccc1Cl)Nc1nc(Cl)cc(N2CCN(c3ccccc3)CC2)n1. The second-order valence-electron chi connectivity index (χ2n) is 7.08. The van der Waals surface area contributed by atoms with E-state index in [1.807, 2.05) is 30.3 Å². The fraction of sp³-hybridized carbons (Fsp3) is 0.227. The van der Waals surface area contributed by atoms with Gasteiger partial charge in [-0.1, -0.05) is 59.6 Å². The van der Waals surface area contributed by atoms with Crippen LogP contribution >= 0.6 is 35.4 Å². The Kier molecular flexibility index (Phi) is 7.06. The van der Waals surface area contributed by atoms with Gasteiger partial charge in [-0.05, 0) is 36.0 Å². The first-order chi connectivity index (χ1) is 15.1. The third-order valence-corrected chi connectivity index (χ3v) is 5.84. The number of halogens is 2. The van der Waals surface area contributed by atoms with Gasteiger partial charge in [-0.25, -0.2) is 4.98 Å². The van der Waals surface area contributed by atoms with Crippen LogP contribution in [-0.4, -0.2) is 41.3 Å². The highest BCUT2D eigenvalue weighted by molar-refractivity contribution is 7.80. The minimum absolute atomic E-state index is 0.365. The van der Waals surface area contributed by atoms with Crippen LogP contribution < -0.4 is 20.4 Å². The Balaban J connectivity index is 1.36. The number of anilines is 3. The van der Waals surface area contributed by atoms with Crippen molar-refractivity contribution in [2.75, 3.05) is 41.3 Å². The Morgan fingerprint density at radius 3 is 2.32 bits per heavy atom. The average molecular weight is 473 g/mol.